The zero-order valence-corrected chi connectivity index (χ0v) is 20.3. The quantitative estimate of drug-likeness (QED) is 0.589. The molecule has 0 spiro atoms. The maximum absolute atomic E-state index is 13.7. The summed E-state index contributed by atoms with van der Waals surface area (Å²) in [6.07, 6.45) is 8.85. The van der Waals surface area contributed by atoms with Gasteiger partial charge < -0.3 is 10.2 Å². The summed E-state index contributed by atoms with van der Waals surface area (Å²) < 4.78 is 0. The molecule has 3 fully saturated rings. The first-order valence-electron chi connectivity index (χ1n) is 12.1. The Morgan fingerprint density at radius 2 is 1.82 bits per heavy atom. The van der Waals surface area contributed by atoms with Crippen molar-refractivity contribution in [2.45, 2.75) is 76.3 Å². The molecule has 2 unspecified atom stereocenters. The molecular weight excluding hydrogens is 428 g/mol. The van der Waals surface area contributed by atoms with Crippen LogP contribution in [0.15, 0.2) is 47.4 Å². The van der Waals surface area contributed by atoms with Gasteiger partial charge in [0, 0.05) is 29.4 Å². The number of thioether (sulfide) groups is 1. The molecular formula is C28H32N2O2S. The SMILES string of the molecule is Cc1ccc(C)c(CN2C(=O)/C(=C/c3ccc(C(=O)NC4CC4)cc3)SC3CCCCC32)c1. The van der Waals surface area contributed by atoms with Crippen LogP contribution in [0.4, 0.5) is 0 Å². The molecule has 0 bridgehead atoms. The van der Waals surface area contributed by atoms with E-state index < -0.39 is 0 Å². The largest absolute Gasteiger partial charge is 0.349 e. The van der Waals surface area contributed by atoms with Crippen molar-refractivity contribution in [2.24, 2.45) is 0 Å². The monoisotopic (exact) mass is 460 g/mol. The number of fused-ring (bicyclic) bond motifs is 1. The van der Waals surface area contributed by atoms with Crippen molar-refractivity contribution in [3.05, 3.63) is 75.2 Å². The third-order valence-corrected chi connectivity index (χ3v) is 8.45. The van der Waals surface area contributed by atoms with E-state index in [1.54, 1.807) is 11.8 Å². The average Bonchev–Trinajstić information content (AvgIpc) is 3.63. The maximum atomic E-state index is 13.7. The van der Waals surface area contributed by atoms with Crippen LogP contribution in [0.3, 0.4) is 0 Å². The smallest absolute Gasteiger partial charge is 0.260 e. The molecule has 2 atom stereocenters. The first-order valence-corrected chi connectivity index (χ1v) is 13.0. The predicted molar refractivity (Wildman–Crippen MR) is 135 cm³/mol. The molecule has 2 aromatic carbocycles. The van der Waals surface area contributed by atoms with Crippen molar-refractivity contribution in [1.29, 1.82) is 0 Å². The van der Waals surface area contributed by atoms with Crippen molar-refractivity contribution in [3.63, 3.8) is 0 Å². The summed E-state index contributed by atoms with van der Waals surface area (Å²) in [5, 5.41) is 3.48. The summed E-state index contributed by atoms with van der Waals surface area (Å²) in [6.45, 7) is 4.92. The number of hydrogen-bond acceptors (Lipinski definition) is 3. The Kier molecular flexibility index (Phi) is 6.33. The molecule has 1 heterocycles. The second-order valence-corrected chi connectivity index (χ2v) is 11.0. The molecule has 1 saturated heterocycles. The van der Waals surface area contributed by atoms with Crippen molar-refractivity contribution in [1.82, 2.24) is 10.2 Å². The fourth-order valence-electron chi connectivity index (χ4n) is 4.89. The fourth-order valence-corrected chi connectivity index (χ4v) is 6.37. The number of amides is 2. The second kappa shape index (κ2) is 9.38. The molecule has 3 aliphatic rings. The van der Waals surface area contributed by atoms with Gasteiger partial charge in [0.25, 0.3) is 11.8 Å². The first kappa shape index (κ1) is 22.3. The minimum Gasteiger partial charge on any atom is -0.349 e. The lowest BCUT2D eigenvalue weighted by Gasteiger charge is -2.44. The highest BCUT2D eigenvalue weighted by molar-refractivity contribution is 8.04. The molecule has 5 rings (SSSR count). The van der Waals surface area contributed by atoms with Gasteiger partial charge in [-0.1, -0.05) is 48.7 Å². The predicted octanol–water partition coefficient (Wildman–Crippen LogP) is 5.62. The summed E-state index contributed by atoms with van der Waals surface area (Å²) in [4.78, 5) is 28.9. The molecule has 2 amide bonds. The second-order valence-electron chi connectivity index (χ2n) is 9.75. The number of nitrogens with one attached hydrogen (secondary N) is 1. The maximum Gasteiger partial charge on any atom is 0.260 e. The van der Waals surface area contributed by atoms with E-state index in [4.69, 9.17) is 0 Å². The van der Waals surface area contributed by atoms with Gasteiger partial charge in [-0.05, 0) is 74.4 Å². The molecule has 2 aromatic rings. The zero-order chi connectivity index (χ0) is 22.9. The molecule has 5 heteroatoms. The summed E-state index contributed by atoms with van der Waals surface area (Å²) in [5.74, 6) is 0.129. The third kappa shape index (κ3) is 5.03. The van der Waals surface area contributed by atoms with Crippen LogP contribution in [-0.4, -0.2) is 34.0 Å². The van der Waals surface area contributed by atoms with E-state index >= 15 is 0 Å². The normalized spacial score (nSPS) is 24.0. The molecule has 0 aromatic heterocycles. The first-order chi connectivity index (χ1) is 16.0. The van der Waals surface area contributed by atoms with Gasteiger partial charge in [0.2, 0.25) is 0 Å². The molecule has 0 radical (unpaired) electrons. The lowest BCUT2D eigenvalue weighted by molar-refractivity contribution is -0.130. The summed E-state index contributed by atoms with van der Waals surface area (Å²) >= 11 is 1.76. The van der Waals surface area contributed by atoms with Crippen LogP contribution >= 0.6 is 11.8 Å². The molecule has 2 saturated carbocycles. The third-order valence-electron chi connectivity index (χ3n) is 7.05. The fraction of sp³-hybridized carbons (Fsp3) is 0.429. The molecule has 2 aliphatic carbocycles. The topological polar surface area (TPSA) is 49.4 Å². The number of carbonyl (C=O) groups excluding carboxylic acids is 2. The number of nitrogens with zero attached hydrogens (tertiary/aromatic N) is 1. The standard InChI is InChI=1S/C28H32N2O2S/c1-18-7-8-19(2)22(15-18)17-30-24-5-3-4-6-25(24)33-26(28(30)32)16-20-9-11-21(12-10-20)27(31)29-23-13-14-23/h7-12,15-16,23-25H,3-6,13-14,17H2,1-2H3,(H,29,31)/b26-16-. The Balaban J connectivity index is 1.39. The number of aryl methyl sites for hydroxylation is 2. The molecule has 172 valence electrons. The van der Waals surface area contributed by atoms with Gasteiger partial charge in [-0.3, -0.25) is 9.59 Å². The number of hydrogen-bond donors (Lipinski definition) is 1. The van der Waals surface area contributed by atoms with Gasteiger partial charge >= 0.3 is 0 Å². The van der Waals surface area contributed by atoms with Crippen LogP contribution in [0.25, 0.3) is 6.08 Å². The van der Waals surface area contributed by atoms with E-state index in [1.807, 2.05) is 30.3 Å². The van der Waals surface area contributed by atoms with E-state index in [2.05, 4.69) is 42.3 Å². The Morgan fingerprint density at radius 1 is 1.06 bits per heavy atom. The highest BCUT2D eigenvalue weighted by Gasteiger charge is 2.40. The Labute approximate surface area is 200 Å². The summed E-state index contributed by atoms with van der Waals surface area (Å²) in [6, 6.07) is 14.8. The lowest BCUT2D eigenvalue weighted by atomic mass is 9.92. The van der Waals surface area contributed by atoms with Gasteiger partial charge in [-0.25, -0.2) is 0 Å². The minimum atomic E-state index is -0.00966. The van der Waals surface area contributed by atoms with Gasteiger partial charge in [-0.2, -0.15) is 0 Å². The van der Waals surface area contributed by atoms with E-state index in [-0.39, 0.29) is 11.8 Å². The Hall–Kier alpha value is -2.53. The van der Waals surface area contributed by atoms with Gasteiger partial charge in [0.1, 0.15) is 0 Å². The highest BCUT2D eigenvalue weighted by atomic mass is 32.2. The Morgan fingerprint density at radius 3 is 2.58 bits per heavy atom. The Bertz CT molecular complexity index is 1090. The summed E-state index contributed by atoms with van der Waals surface area (Å²) in [5.41, 5.74) is 5.36. The zero-order valence-electron chi connectivity index (χ0n) is 19.5. The van der Waals surface area contributed by atoms with Crippen molar-refractivity contribution in [3.8, 4) is 0 Å². The summed E-state index contributed by atoms with van der Waals surface area (Å²) in [7, 11) is 0. The molecule has 4 nitrogen and oxygen atoms in total. The minimum absolute atomic E-state index is 0.00966. The lowest BCUT2D eigenvalue weighted by Crippen LogP contribution is -2.50. The molecule has 1 aliphatic heterocycles. The molecule has 33 heavy (non-hydrogen) atoms. The van der Waals surface area contributed by atoms with Crippen LogP contribution in [0.1, 0.15) is 71.1 Å². The van der Waals surface area contributed by atoms with Crippen molar-refractivity contribution in [2.75, 3.05) is 0 Å². The van der Waals surface area contributed by atoms with E-state index in [9.17, 15) is 9.59 Å². The van der Waals surface area contributed by atoms with E-state index in [0.717, 1.165) is 36.2 Å². The number of carbonyl (C=O) groups is 2. The van der Waals surface area contributed by atoms with Crippen LogP contribution < -0.4 is 5.32 Å². The van der Waals surface area contributed by atoms with E-state index in [0.29, 0.717) is 29.4 Å². The molecule has 1 N–H and O–H groups in total. The van der Waals surface area contributed by atoms with E-state index in [1.165, 1.54) is 29.5 Å². The highest BCUT2D eigenvalue weighted by Crippen LogP contribution is 2.43. The van der Waals surface area contributed by atoms with Crippen LogP contribution in [0.2, 0.25) is 0 Å². The number of benzene rings is 2. The van der Waals surface area contributed by atoms with Crippen LogP contribution in [0, 0.1) is 13.8 Å². The van der Waals surface area contributed by atoms with Crippen molar-refractivity contribution >= 4 is 29.7 Å². The van der Waals surface area contributed by atoms with Crippen LogP contribution in [0.5, 0.6) is 0 Å². The van der Waals surface area contributed by atoms with Gasteiger partial charge in [0.15, 0.2) is 0 Å². The van der Waals surface area contributed by atoms with Gasteiger partial charge in [-0.15, -0.1) is 11.8 Å². The van der Waals surface area contributed by atoms with Crippen LogP contribution in [-0.2, 0) is 11.3 Å². The average molecular weight is 461 g/mol. The number of rotatable bonds is 5. The van der Waals surface area contributed by atoms with Gasteiger partial charge in [0.05, 0.1) is 4.91 Å². The van der Waals surface area contributed by atoms with Crippen molar-refractivity contribution < 1.29 is 9.59 Å².